The lowest BCUT2D eigenvalue weighted by atomic mass is 9.89. The summed E-state index contributed by atoms with van der Waals surface area (Å²) >= 11 is 5.89. The minimum atomic E-state index is -5.32. The molecule has 10 nitrogen and oxygen atoms in total. The molecule has 0 bridgehead atoms. The molecule has 4 N–H and O–H groups in total. The zero-order valence-corrected chi connectivity index (χ0v) is 27.3. The van der Waals surface area contributed by atoms with E-state index in [2.05, 4.69) is 10.3 Å². The number of ether oxygens (including phenoxy) is 4. The monoisotopic (exact) mass is 685 g/mol. The first-order valence-electron chi connectivity index (χ1n) is 14.3. The number of aromatic nitrogens is 1. The van der Waals surface area contributed by atoms with Gasteiger partial charge in [-0.2, -0.15) is 13.2 Å². The Kier molecular flexibility index (Phi) is 11.7. The summed E-state index contributed by atoms with van der Waals surface area (Å²) < 4.78 is 78.4. The van der Waals surface area contributed by atoms with E-state index < -0.39 is 53.5 Å². The third kappa shape index (κ3) is 9.46. The summed E-state index contributed by atoms with van der Waals surface area (Å²) in [5.74, 6) is -1.51. The number of hydrogen-bond acceptors (Lipinski definition) is 9. The van der Waals surface area contributed by atoms with Gasteiger partial charge in [0, 0.05) is 16.7 Å². The summed E-state index contributed by atoms with van der Waals surface area (Å²) in [5.41, 5.74) is 0.635. The molecule has 0 spiro atoms. The fourth-order valence-corrected chi connectivity index (χ4v) is 4.30. The van der Waals surface area contributed by atoms with Crippen molar-refractivity contribution in [1.29, 1.82) is 0 Å². The first-order valence-corrected chi connectivity index (χ1v) is 14.7. The van der Waals surface area contributed by atoms with Crippen molar-refractivity contribution in [2.75, 3.05) is 20.3 Å². The molecule has 3 rings (SSSR count). The molecule has 1 heterocycles. The van der Waals surface area contributed by atoms with E-state index >= 15 is 0 Å². The number of amides is 1. The zero-order valence-electron chi connectivity index (χ0n) is 26.5. The lowest BCUT2D eigenvalue weighted by Gasteiger charge is -2.32. The van der Waals surface area contributed by atoms with Crippen LogP contribution in [0, 0.1) is 5.82 Å². The molecule has 1 amide bonds. The number of nitrogens with zero attached hydrogens (tertiary/aromatic N) is 1. The van der Waals surface area contributed by atoms with Gasteiger partial charge in [-0.3, -0.25) is 4.79 Å². The third-order valence-electron chi connectivity index (χ3n) is 6.71. The number of hydrogen-bond donors (Lipinski definition) is 3. The molecule has 3 aromatic rings. The highest BCUT2D eigenvalue weighted by Gasteiger charge is 2.56. The molecule has 0 aliphatic rings. The first kappa shape index (κ1) is 37.3. The summed E-state index contributed by atoms with van der Waals surface area (Å²) in [7, 11) is 1.29. The maximum absolute atomic E-state index is 14.6. The highest BCUT2D eigenvalue weighted by molar-refractivity contribution is 6.31. The number of aliphatic hydroxyl groups is 1. The average Bonchev–Trinajstić information content (AvgIpc) is 2.98. The Hall–Kier alpha value is -4.14. The van der Waals surface area contributed by atoms with Crippen molar-refractivity contribution in [2.24, 2.45) is 5.73 Å². The number of nitrogens with one attached hydrogen (secondary N) is 1. The lowest BCUT2D eigenvalue weighted by Crippen LogP contribution is -2.51. The van der Waals surface area contributed by atoms with Gasteiger partial charge in [-0.1, -0.05) is 11.6 Å². The molecular formula is C32H36ClF4N3O7. The second kappa shape index (κ2) is 14.7. The van der Waals surface area contributed by atoms with Crippen LogP contribution in [0.2, 0.25) is 5.02 Å². The molecule has 1 aromatic heterocycles. The van der Waals surface area contributed by atoms with Crippen LogP contribution in [0.15, 0.2) is 48.5 Å². The maximum Gasteiger partial charge on any atom is 0.508 e. The lowest BCUT2D eigenvalue weighted by molar-refractivity contribution is -0.265. The number of rotatable bonds is 12. The van der Waals surface area contributed by atoms with Gasteiger partial charge in [-0.05, 0) is 88.7 Å². The zero-order chi connectivity index (χ0) is 35.3. The van der Waals surface area contributed by atoms with Crippen LogP contribution in [0.25, 0.3) is 11.3 Å². The topological polar surface area (TPSA) is 142 Å². The maximum atomic E-state index is 14.6. The number of methoxy groups -OCH3 is 1. The van der Waals surface area contributed by atoms with Gasteiger partial charge in [-0.15, -0.1) is 0 Å². The van der Waals surface area contributed by atoms with E-state index in [1.54, 1.807) is 20.8 Å². The number of carbonyl (C=O) groups is 2. The van der Waals surface area contributed by atoms with E-state index in [1.807, 2.05) is 0 Å². The fraction of sp³-hybridized carbons (Fsp3) is 0.406. The molecule has 15 heteroatoms. The number of halogens is 5. The Morgan fingerprint density at radius 2 is 1.70 bits per heavy atom. The van der Waals surface area contributed by atoms with Crippen molar-refractivity contribution in [2.45, 2.75) is 64.1 Å². The van der Waals surface area contributed by atoms with Crippen LogP contribution in [0.1, 0.15) is 56.2 Å². The van der Waals surface area contributed by atoms with Crippen LogP contribution in [-0.2, 0) is 20.6 Å². The molecule has 256 valence electrons. The molecule has 2 aromatic carbocycles. The number of pyridine rings is 1. The Labute approximate surface area is 274 Å². The van der Waals surface area contributed by atoms with Crippen molar-refractivity contribution in [1.82, 2.24) is 10.3 Å². The normalized spacial score (nSPS) is 13.8. The van der Waals surface area contributed by atoms with Crippen LogP contribution in [0.5, 0.6) is 11.5 Å². The molecule has 0 radical (unpaired) electrons. The van der Waals surface area contributed by atoms with Crippen molar-refractivity contribution < 1.29 is 51.2 Å². The van der Waals surface area contributed by atoms with Gasteiger partial charge in [-0.25, -0.2) is 14.2 Å². The van der Waals surface area contributed by atoms with E-state index in [-0.39, 0.29) is 51.6 Å². The van der Waals surface area contributed by atoms with E-state index in [4.69, 9.17) is 36.3 Å². The predicted molar refractivity (Wildman–Crippen MR) is 165 cm³/mol. The highest BCUT2D eigenvalue weighted by Crippen LogP contribution is 2.40. The van der Waals surface area contributed by atoms with Crippen molar-refractivity contribution >= 4 is 23.7 Å². The Bertz CT molecular complexity index is 1600. The van der Waals surface area contributed by atoms with Gasteiger partial charge in [0.2, 0.25) is 5.60 Å². The molecule has 0 aliphatic heterocycles. The number of benzene rings is 2. The quantitative estimate of drug-likeness (QED) is 0.149. The number of alkyl halides is 3. The van der Waals surface area contributed by atoms with Crippen molar-refractivity contribution in [3.63, 3.8) is 0 Å². The highest BCUT2D eigenvalue weighted by atomic mass is 35.5. The molecule has 0 aliphatic carbocycles. The Morgan fingerprint density at radius 3 is 2.28 bits per heavy atom. The SMILES string of the molecule is COc1cc(C(=O)NCC(O)(c2cc(C(C)(C)N)cc(-c3ccc(F)c(Cl)c3)n2)C(F)(F)F)ccc1OCC(C)OC(=O)OC(C)C. The van der Waals surface area contributed by atoms with Crippen LogP contribution in [-0.4, -0.2) is 60.8 Å². The number of carbonyl (C=O) groups excluding carboxylic acids is 2. The predicted octanol–water partition coefficient (Wildman–Crippen LogP) is 6.25. The van der Waals surface area contributed by atoms with Crippen molar-refractivity contribution in [3.05, 3.63) is 76.2 Å². The summed E-state index contributed by atoms with van der Waals surface area (Å²) in [6.07, 6.45) is -7.29. The molecule has 2 unspecified atom stereocenters. The standard InChI is InChI=1S/C32H36ClF4N3O7/c1-17(2)46-29(42)47-18(3)15-45-25-10-8-20(12-26(25)44-6)28(41)39-16-31(43,32(35,36)37)27-14-21(30(4,5)38)13-24(40-27)19-7-9-23(34)22(33)11-19/h7-14,17-18,43H,15-16,38H2,1-6H3,(H,39,41). The van der Waals surface area contributed by atoms with Gasteiger partial charge in [0.1, 0.15) is 18.5 Å². The Balaban J connectivity index is 1.87. The summed E-state index contributed by atoms with van der Waals surface area (Å²) in [5, 5.41) is 13.0. The van der Waals surface area contributed by atoms with E-state index in [9.17, 15) is 32.3 Å². The van der Waals surface area contributed by atoms with Crippen molar-refractivity contribution in [3.8, 4) is 22.8 Å². The van der Waals surface area contributed by atoms with Gasteiger partial charge >= 0.3 is 12.3 Å². The van der Waals surface area contributed by atoms with Gasteiger partial charge in [0.25, 0.3) is 5.91 Å². The molecule has 2 atom stereocenters. The average molecular weight is 686 g/mol. The van der Waals surface area contributed by atoms with Crippen LogP contribution >= 0.6 is 11.6 Å². The molecule has 0 saturated carbocycles. The van der Waals surface area contributed by atoms with Gasteiger partial charge in [0.05, 0.1) is 36.2 Å². The van der Waals surface area contributed by atoms with E-state index in [0.29, 0.717) is 0 Å². The molecule has 47 heavy (non-hydrogen) atoms. The molecule has 0 fully saturated rings. The van der Waals surface area contributed by atoms with E-state index in [0.717, 1.165) is 12.1 Å². The van der Waals surface area contributed by atoms with Crippen LogP contribution < -0.4 is 20.5 Å². The molecule has 0 saturated heterocycles. The Morgan fingerprint density at radius 1 is 1.02 bits per heavy atom. The second-order valence-corrected chi connectivity index (χ2v) is 11.9. The number of nitrogens with two attached hydrogens (primary N) is 1. The minimum Gasteiger partial charge on any atom is -0.493 e. The second-order valence-electron chi connectivity index (χ2n) is 11.5. The minimum absolute atomic E-state index is 0.0582. The summed E-state index contributed by atoms with van der Waals surface area (Å²) in [6.45, 7) is 6.53. The summed E-state index contributed by atoms with van der Waals surface area (Å²) in [4.78, 5) is 28.8. The summed E-state index contributed by atoms with van der Waals surface area (Å²) in [6, 6.07) is 9.71. The van der Waals surface area contributed by atoms with Crippen LogP contribution in [0.3, 0.4) is 0 Å². The molecular weight excluding hydrogens is 650 g/mol. The van der Waals surface area contributed by atoms with Crippen LogP contribution in [0.4, 0.5) is 22.4 Å². The third-order valence-corrected chi connectivity index (χ3v) is 7.00. The fourth-order valence-electron chi connectivity index (χ4n) is 4.12. The van der Waals surface area contributed by atoms with Gasteiger partial charge < -0.3 is 35.1 Å². The smallest absolute Gasteiger partial charge is 0.493 e. The largest absolute Gasteiger partial charge is 0.508 e. The van der Waals surface area contributed by atoms with E-state index in [1.165, 1.54) is 57.4 Å². The first-order chi connectivity index (χ1) is 21.7. The van der Waals surface area contributed by atoms with Gasteiger partial charge in [0.15, 0.2) is 11.5 Å².